The minimum atomic E-state index is 0.129. The van der Waals surface area contributed by atoms with Crippen LogP contribution in [-0.2, 0) is 19.5 Å². The molecule has 0 aliphatic heterocycles. The summed E-state index contributed by atoms with van der Waals surface area (Å²) in [5, 5.41) is 3.47. The Morgan fingerprint density at radius 3 is 2.62 bits per heavy atom. The van der Waals surface area contributed by atoms with Crippen LogP contribution >= 0.6 is 0 Å². The minimum absolute atomic E-state index is 0.129. The van der Waals surface area contributed by atoms with E-state index in [-0.39, 0.29) is 5.54 Å². The van der Waals surface area contributed by atoms with Gasteiger partial charge in [-0.15, -0.1) is 0 Å². The maximum Gasteiger partial charge on any atom is 0.108 e. The zero-order valence-corrected chi connectivity index (χ0v) is 13.6. The SMILES string of the molecule is CCCc1nccn1Cc1ccc(CNC(C)(C)C)cn1. The van der Waals surface area contributed by atoms with Crippen molar-refractivity contribution in [3.8, 4) is 0 Å². The van der Waals surface area contributed by atoms with Gasteiger partial charge in [-0.1, -0.05) is 13.0 Å². The van der Waals surface area contributed by atoms with Crippen LogP contribution in [0.1, 0.15) is 51.2 Å². The number of hydrogen-bond donors (Lipinski definition) is 1. The van der Waals surface area contributed by atoms with Crippen molar-refractivity contribution in [2.24, 2.45) is 0 Å². The normalized spacial score (nSPS) is 11.8. The molecule has 0 bridgehead atoms. The van der Waals surface area contributed by atoms with E-state index in [1.807, 2.05) is 18.6 Å². The van der Waals surface area contributed by atoms with Crippen LogP contribution in [0.5, 0.6) is 0 Å². The predicted octanol–water partition coefficient (Wildman–Crippen LogP) is 3.17. The fourth-order valence-electron chi connectivity index (χ4n) is 2.13. The average Bonchev–Trinajstić information content (AvgIpc) is 2.85. The Morgan fingerprint density at radius 2 is 2.00 bits per heavy atom. The van der Waals surface area contributed by atoms with Crippen molar-refractivity contribution in [3.05, 3.63) is 47.8 Å². The van der Waals surface area contributed by atoms with Crippen molar-refractivity contribution in [2.45, 2.75) is 59.2 Å². The fraction of sp³-hybridized carbons (Fsp3) is 0.529. The van der Waals surface area contributed by atoms with Crippen molar-refractivity contribution >= 4 is 0 Å². The van der Waals surface area contributed by atoms with Crippen molar-refractivity contribution in [1.29, 1.82) is 0 Å². The first-order valence-electron chi connectivity index (χ1n) is 7.67. The van der Waals surface area contributed by atoms with Gasteiger partial charge in [0.05, 0.1) is 12.2 Å². The highest BCUT2D eigenvalue weighted by atomic mass is 15.1. The van der Waals surface area contributed by atoms with Gasteiger partial charge >= 0.3 is 0 Å². The van der Waals surface area contributed by atoms with Gasteiger partial charge in [-0.25, -0.2) is 4.98 Å². The maximum atomic E-state index is 4.57. The summed E-state index contributed by atoms with van der Waals surface area (Å²) < 4.78 is 2.18. The number of rotatable bonds is 6. The molecule has 4 heteroatoms. The molecule has 2 aromatic rings. The van der Waals surface area contributed by atoms with Crippen LogP contribution in [0.15, 0.2) is 30.7 Å². The van der Waals surface area contributed by atoms with E-state index in [2.05, 4.69) is 59.7 Å². The van der Waals surface area contributed by atoms with Crippen LogP contribution in [0, 0.1) is 0 Å². The van der Waals surface area contributed by atoms with E-state index in [9.17, 15) is 0 Å². The van der Waals surface area contributed by atoms with Gasteiger partial charge in [-0.05, 0) is 38.8 Å². The molecule has 0 spiro atoms. The van der Waals surface area contributed by atoms with Gasteiger partial charge in [0, 0.05) is 37.1 Å². The van der Waals surface area contributed by atoms with Gasteiger partial charge in [0.2, 0.25) is 0 Å². The Balaban J connectivity index is 1.97. The number of imidazole rings is 1. The summed E-state index contributed by atoms with van der Waals surface area (Å²) in [4.78, 5) is 8.97. The molecule has 4 nitrogen and oxygen atoms in total. The van der Waals surface area contributed by atoms with Crippen LogP contribution < -0.4 is 5.32 Å². The van der Waals surface area contributed by atoms with Crippen molar-refractivity contribution < 1.29 is 0 Å². The molecule has 0 aliphatic rings. The Morgan fingerprint density at radius 1 is 1.19 bits per heavy atom. The lowest BCUT2D eigenvalue weighted by Crippen LogP contribution is -2.35. The van der Waals surface area contributed by atoms with E-state index >= 15 is 0 Å². The molecular weight excluding hydrogens is 260 g/mol. The second-order valence-corrected chi connectivity index (χ2v) is 6.48. The first-order chi connectivity index (χ1) is 9.98. The molecule has 0 saturated carbocycles. The van der Waals surface area contributed by atoms with Gasteiger partial charge in [-0.2, -0.15) is 0 Å². The lowest BCUT2D eigenvalue weighted by atomic mass is 10.1. The molecule has 2 aromatic heterocycles. The second-order valence-electron chi connectivity index (χ2n) is 6.48. The first-order valence-corrected chi connectivity index (χ1v) is 7.67. The Hall–Kier alpha value is -1.68. The molecule has 1 N–H and O–H groups in total. The number of hydrogen-bond acceptors (Lipinski definition) is 3. The molecule has 0 saturated heterocycles. The highest BCUT2D eigenvalue weighted by Gasteiger charge is 2.08. The smallest absolute Gasteiger partial charge is 0.108 e. The quantitative estimate of drug-likeness (QED) is 0.887. The molecule has 2 heterocycles. The third-order valence-electron chi connectivity index (χ3n) is 3.32. The van der Waals surface area contributed by atoms with Gasteiger partial charge < -0.3 is 9.88 Å². The minimum Gasteiger partial charge on any atom is -0.329 e. The molecule has 0 fully saturated rings. The van der Waals surface area contributed by atoms with E-state index in [1.165, 1.54) is 5.56 Å². The van der Waals surface area contributed by atoms with Crippen LogP contribution in [0.4, 0.5) is 0 Å². The van der Waals surface area contributed by atoms with Crippen molar-refractivity contribution in [1.82, 2.24) is 19.9 Å². The standard InChI is InChI=1S/C17H26N4/c1-5-6-16-18-9-10-21(16)13-15-8-7-14(11-19-15)12-20-17(2,3)4/h7-11,20H,5-6,12-13H2,1-4H3. The monoisotopic (exact) mass is 286 g/mol. The van der Waals surface area contributed by atoms with E-state index in [4.69, 9.17) is 0 Å². The lowest BCUT2D eigenvalue weighted by molar-refractivity contribution is 0.424. The molecule has 0 radical (unpaired) electrons. The summed E-state index contributed by atoms with van der Waals surface area (Å²) in [6.07, 6.45) is 7.99. The second kappa shape index (κ2) is 6.85. The van der Waals surface area contributed by atoms with E-state index in [1.54, 1.807) is 0 Å². The number of nitrogens with zero attached hydrogens (tertiary/aromatic N) is 3. The summed E-state index contributed by atoms with van der Waals surface area (Å²) in [5.41, 5.74) is 2.42. The number of aryl methyl sites for hydroxylation is 1. The molecule has 114 valence electrons. The van der Waals surface area contributed by atoms with Crippen LogP contribution in [0.2, 0.25) is 0 Å². The fourth-order valence-corrected chi connectivity index (χ4v) is 2.13. The lowest BCUT2D eigenvalue weighted by Gasteiger charge is -2.20. The number of pyridine rings is 1. The van der Waals surface area contributed by atoms with Gasteiger partial charge in [0.15, 0.2) is 0 Å². The molecular formula is C17H26N4. The highest BCUT2D eigenvalue weighted by molar-refractivity contribution is 5.15. The summed E-state index contributed by atoms with van der Waals surface area (Å²) >= 11 is 0. The summed E-state index contributed by atoms with van der Waals surface area (Å²) in [6, 6.07) is 4.26. The van der Waals surface area contributed by atoms with Gasteiger partial charge in [-0.3, -0.25) is 4.98 Å². The van der Waals surface area contributed by atoms with Crippen LogP contribution in [0.25, 0.3) is 0 Å². The first kappa shape index (κ1) is 15.7. The third-order valence-corrected chi connectivity index (χ3v) is 3.32. The topological polar surface area (TPSA) is 42.7 Å². The van der Waals surface area contributed by atoms with E-state index in [0.717, 1.165) is 37.4 Å². The summed E-state index contributed by atoms with van der Waals surface area (Å²) in [6.45, 7) is 10.3. The molecule has 21 heavy (non-hydrogen) atoms. The highest BCUT2D eigenvalue weighted by Crippen LogP contribution is 2.08. The molecule has 0 aromatic carbocycles. The summed E-state index contributed by atoms with van der Waals surface area (Å²) in [5.74, 6) is 1.14. The molecule has 0 unspecified atom stereocenters. The van der Waals surface area contributed by atoms with Gasteiger partial charge in [0.1, 0.15) is 5.82 Å². The largest absolute Gasteiger partial charge is 0.329 e. The Labute approximate surface area is 127 Å². The molecule has 0 aliphatic carbocycles. The predicted molar refractivity (Wildman–Crippen MR) is 86.2 cm³/mol. The van der Waals surface area contributed by atoms with E-state index in [0.29, 0.717) is 0 Å². The zero-order valence-electron chi connectivity index (χ0n) is 13.6. The number of nitrogens with one attached hydrogen (secondary N) is 1. The van der Waals surface area contributed by atoms with Crippen molar-refractivity contribution in [2.75, 3.05) is 0 Å². The molecule has 0 atom stereocenters. The average molecular weight is 286 g/mol. The Kier molecular flexibility index (Phi) is 5.12. The van der Waals surface area contributed by atoms with Crippen LogP contribution in [-0.4, -0.2) is 20.1 Å². The molecule has 0 amide bonds. The molecule has 2 rings (SSSR count). The number of aromatic nitrogens is 3. The van der Waals surface area contributed by atoms with E-state index < -0.39 is 0 Å². The van der Waals surface area contributed by atoms with Crippen LogP contribution in [0.3, 0.4) is 0 Å². The third kappa shape index (κ3) is 4.97. The van der Waals surface area contributed by atoms with Crippen molar-refractivity contribution in [3.63, 3.8) is 0 Å². The zero-order chi connectivity index (χ0) is 15.3. The Bertz CT molecular complexity index is 549. The maximum absolute atomic E-state index is 4.57. The summed E-state index contributed by atoms with van der Waals surface area (Å²) in [7, 11) is 0. The van der Waals surface area contributed by atoms with Gasteiger partial charge in [0.25, 0.3) is 0 Å².